The number of hydrogen-bond donors (Lipinski definition) is 0. The van der Waals surface area contributed by atoms with Gasteiger partial charge in [-0.05, 0) is 86.8 Å². The number of fused-ring (bicyclic) bond motifs is 9. The molecule has 3 nitrogen and oxygen atoms in total. The van der Waals surface area contributed by atoms with Gasteiger partial charge in [0.2, 0.25) is 0 Å². The van der Waals surface area contributed by atoms with Crippen molar-refractivity contribution in [3.05, 3.63) is 188 Å². The highest BCUT2D eigenvalue weighted by Crippen LogP contribution is 2.46. The maximum atomic E-state index is 6.96. The summed E-state index contributed by atoms with van der Waals surface area (Å²) in [5, 5.41) is 9.35. The van der Waals surface area contributed by atoms with Crippen LogP contribution >= 0.6 is 0 Å². The Hall–Kier alpha value is -7.10. The quantitative estimate of drug-likeness (QED) is 0.170. The number of benzene rings is 9. The average Bonchev–Trinajstić information content (AvgIpc) is 3.80. The summed E-state index contributed by atoms with van der Waals surface area (Å²) in [6.45, 7) is 0. The molecule has 0 aliphatic carbocycles. The molecule has 11 aromatic rings. The minimum Gasteiger partial charge on any atom is -0.456 e. The smallest absolute Gasteiger partial charge is 0.159 e. The van der Waals surface area contributed by atoms with Crippen molar-refractivity contribution in [3.63, 3.8) is 0 Å². The van der Waals surface area contributed by atoms with Gasteiger partial charge in [-0.1, -0.05) is 140 Å². The molecule has 0 bridgehead atoms. The third-order valence-corrected chi connectivity index (χ3v) is 10.7. The molecule has 0 amide bonds. The van der Waals surface area contributed by atoms with Gasteiger partial charge in [0.05, 0.1) is 5.69 Å². The molecule has 0 aliphatic heterocycles. The number of nitrogens with zero attached hydrogens (tertiary/aromatic N) is 1. The van der Waals surface area contributed by atoms with E-state index in [2.05, 4.69) is 175 Å². The Labute approximate surface area is 305 Å². The van der Waals surface area contributed by atoms with Gasteiger partial charge in [-0.25, -0.2) is 0 Å². The van der Waals surface area contributed by atoms with Crippen LogP contribution in [0.25, 0.3) is 87.7 Å². The predicted octanol–water partition coefficient (Wildman–Crippen LogP) is 14.6. The zero-order valence-corrected chi connectivity index (χ0v) is 28.7. The van der Waals surface area contributed by atoms with Gasteiger partial charge in [0.15, 0.2) is 5.58 Å². The first-order chi connectivity index (χ1) is 26.3. The van der Waals surface area contributed by atoms with Crippen molar-refractivity contribution in [2.45, 2.75) is 0 Å². The highest BCUT2D eigenvalue weighted by Gasteiger charge is 2.22. The first-order valence-corrected chi connectivity index (χ1v) is 18.0. The first-order valence-electron chi connectivity index (χ1n) is 18.0. The molecule has 0 radical (unpaired) electrons. The van der Waals surface area contributed by atoms with Crippen LogP contribution in [0.3, 0.4) is 0 Å². The largest absolute Gasteiger partial charge is 0.456 e. The van der Waals surface area contributed by atoms with E-state index in [9.17, 15) is 0 Å². The standard InChI is InChI=1S/C50H31NO2/c1-2-12-32(13-3-1)38-19-10-20-42-43-21-11-22-46(50(43)53-49(38)42)51(36-28-29-48-45(31-36)41-18-8-9-23-47(41)52-48)35-26-24-33(25-27-35)44-30-34-14-4-5-15-37(34)39-16-6-7-17-40(39)44/h1-31H. The Morgan fingerprint density at radius 3 is 1.79 bits per heavy atom. The van der Waals surface area contributed by atoms with Gasteiger partial charge in [0, 0.05) is 38.5 Å². The highest BCUT2D eigenvalue weighted by atomic mass is 16.3. The Morgan fingerprint density at radius 1 is 0.321 bits per heavy atom. The third kappa shape index (κ3) is 4.68. The molecule has 3 heteroatoms. The Morgan fingerprint density at radius 2 is 0.943 bits per heavy atom. The molecule has 0 aliphatic rings. The number of para-hydroxylation sites is 3. The molecule has 0 spiro atoms. The van der Waals surface area contributed by atoms with E-state index in [1.165, 1.54) is 32.7 Å². The molecule has 2 aromatic heterocycles. The normalized spacial score (nSPS) is 11.8. The minimum absolute atomic E-state index is 0.840. The van der Waals surface area contributed by atoms with Gasteiger partial charge >= 0.3 is 0 Å². The van der Waals surface area contributed by atoms with Gasteiger partial charge in [-0.3, -0.25) is 0 Å². The second-order valence-corrected chi connectivity index (χ2v) is 13.7. The van der Waals surface area contributed by atoms with Crippen LogP contribution in [0.2, 0.25) is 0 Å². The Kier molecular flexibility index (Phi) is 6.55. The van der Waals surface area contributed by atoms with Crippen molar-refractivity contribution >= 4 is 82.5 Å². The molecule has 0 fully saturated rings. The zero-order valence-electron chi connectivity index (χ0n) is 28.7. The van der Waals surface area contributed by atoms with E-state index in [1.807, 2.05) is 18.2 Å². The van der Waals surface area contributed by atoms with E-state index in [-0.39, 0.29) is 0 Å². The Bertz CT molecular complexity index is 3170. The average molecular weight is 678 g/mol. The summed E-state index contributed by atoms with van der Waals surface area (Å²) in [5.41, 5.74) is 11.1. The summed E-state index contributed by atoms with van der Waals surface area (Å²) in [7, 11) is 0. The number of rotatable bonds is 5. The van der Waals surface area contributed by atoms with Crippen molar-refractivity contribution < 1.29 is 8.83 Å². The molecular weight excluding hydrogens is 647 g/mol. The lowest BCUT2D eigenvalue weighted by Crippen LogP contribution is -2.10. The summed E-state index contributed by atoms with van der Waals surface area (Å²) in [5.74, 6) is 0. The van der Waals surface area contributed by atoms with Crippen LogP contribution in [0.4, 0.5) is 17.1 Å². The predicted molar refractivity (Wildman–Crippen MR) is 222 cm³/mol. The van der Waals surface area contributed by atoms with Crippen molar-refractivity contribution in [3.8, 4) is 22.3 Å². The fourth-order valence-corrected chi connectivity index (χ4v) is 8.19. The second kappa shape index (κ2) is 11.7. The first kappa shape index (κ1) is 29.6. The van der Waals surface area contributed by atoms with Gasteiger partial charge < -0.3 is 13.7 Å². The molecule has 0 N–H and O–H groups in total. The number of hydrogen-bond acceptors (Lipinski definition) is 3. The Balaban J connectivity index is 1.13. The molecule has 11 rings (SSSR count). The van der Waals surface area contributed by atoms with Crippen molar-refractivity contribution in [1.29, 1.82) is 0 Å². The minimum atomic E-state index is 0.840. The SMILES string of the molecule is c1ccc(-c2cccc3c2oc2c(N(c4ccc(-c5cc6ccccc6c6ccccc56)cc4)c4ccc5oc6ccccc6c5c4)cccc23)cc1. The third-order valence-electron chi connectivity index (χ3n) is 10.7. The number of anilines is 3. The lowest BCUT2D eigenvalue weighted by atomic mass is 9.93. The van der Waals surface area contributed by atoms with Crippen molar-refractivity contribution in [2.24, 2.45) is 0 Å². The van der Waals surface area contributed by atoms with Crippen LogP contribution in [0.5, 0.6) is 0 Å². The van der Waals surface area contributed by atoms with Gasteiger partial charge in [-0.15, -0.1) is 0 Å². The van der Waals surface area contributed by atoms with Crippen LogP contribution in [0, 0.1) is 0 Å². The van der Waals surface area contributed by atoms with E-state index in [1.54, 1.807) is 0 Å². The maximum absolute atomic E-state index is 6.96. The molecule has 0 unspecified atom stereocenters. The maximum Gasteiger partial charge on any atom is 0.159 e. The second-order valence-electron chi connectivity index (χ2n) is 13.7. The lowest BCUT2D eigenvalue weighted by Gasteiger charge is -2.26. The molecule has 53 heavy (non-hydrogen) atoms. The summed E-state index contributed by atoms with van der Waals surface area (Å²) in [6.07, 6.45) is 0. The van der Waals surface area contributed by atoms with Crippen LogP contribution in [-0.4, -0.2) is 0 Å². The summed E-state index contributed by atoms with van der Waals surface area (Å²) < 4.78 is 13.2. The van der Waals surface area contributed by atoms with Crippen LogP contribution in [-0.2, 0) is 0 Å². The molecule has 0 atom stereocenters. The van der Waals surface area contributed by atoms with Crippen molar-refractivity contribution in [1.82, 2.24) is 0 Å². The molecule has 0 saturated heterocycles. The van der Waals surface area contributed by atoms with Crippen LogP contribution in [0.1, 0.15) is 0 Å². The monoisotopic (exact) mass is 677 g/mol. The fraction of sp³-hybridized carbons (Fsp3) is 0. The fourth-order valence-electron chi connectivity index (χ4n) is 8.19. The van der Waals surface area contributed by atoms with Crippen LogP contribution in [0.15, 0.2) is 197 Å². The summed E-state index contributed by atoms with van der Waals surface area (Å²) in [4.78, 5) is 2.32. The van der Waals surface area contributed by atoms with Crippen molar-refractivity contribution in [2.75, 3.05) is 4.90 Å². The van der Waals surface area contributed by atoms with Crippen LogP contribution < -0.4 is 4.90 Å². The molecule has 9 aromatic carbocycles. The van der Waals surface area contributed by atoms with E-state index in [4.69, 9.17) is 8.83 Å². The van der Waals surface area contributed by atoms with E-state index >= 15 is 0 Å². The highest BCUT2D eigenvalue weighted by molar-refractivity contribution is 6.15. The topological polar surface area (TPSA) is 29.5 Å². The summed E-state index contributed by atoms with van der Waals surface area (Å²) >= 11 is 0. The van der Waals surface area contributed by atoms with Gasteiger partial charge in [0.25, 0.3) is 0 Å². The molecule has 248 valence electrons. The van der Waals surface area contributed by atoms with Gasteiger partial charge in [-0.2, -0.15) is 0 Å². The lowest BCUT2D eigenvalue weighted by molar-refractivity contribution is 0.669. The molecular formula is C50H31NO2. The molecule has 2 heterocycles. The summed E-state index contributed by atoms with van der Waals surface area (Å²) in [6, 6.07) is 66.7. The van der Waals surface area contributed by atoms with Gasteiger partial charge in [0.1, 0.15) is 16.7 Å². The van der Waals surface area contributed by atoms with E-state index in [0.29, 0.717) is 0 Å². The van der Waals surface area contributed by atoms with E-state index < -0.39 is 0 Å². The number of furan rings is 2. The zero-order chi connectivity index (χ0) is 34.9. The van der Waals surface area contributed by atoms with E-state index in [0.717, 1.165) is 72.1 Å². The molecule has 0 saturated carbocycles.